The number of nitrogens with zero attached hydrogens (tertiary/aromatic N) is 1. The van der Waals surface area contributed by atoms with Crippen LogP contribution in [0.25, 0.3) is 0 Å². The highest BCUT2D eigenvalue weighted by molar-refractivity contribution is 6.32. The van der Waals surface area contributed by atoms with Gasteiger partial charge in [-0.25, -0.2) is 4.79 Å². The van der Waals surface area contributed by atoms with Crippen molar-refractivity contribution in [1.29, 1.82) is 0 Å². The van der Waals surface area contributed by atoms with E-state index in [2.05, 4.69) is 10.6 Å². The zero-order chi connectivity index (χ0) is 16.8. The van der Waals surface area contributed by atoms with Crippen molar-refractivity contribution in [2.75, 3.05) is 12.4 Å². The zero-order valence-electron chi connectivity index (χ0n) is 12.2. The van der Waals surface area contributed by atoms with Gasteiger partial charge in [0.2, 0.25) is 0 Å². The van der Waals surface area contributed by atoms with Gasteiger partial charge in [0, 0.05) is 18.3 Å². The molecule has 2 aromatic rings. The van der Waals surface area contributed by atoms with Gasteiger partial charge in [0.05, 0.1) is 12.0 Å². The fourth-order valence-corrected chi connectivity index (χ4v) is 2.06. The van der Waals surface area contributed by atoms with Crippen LogP contribution >= 0.6 is 11.6 Å². The Bertz CT molecular complexity index is 736. The molecule has 0 aliphatic heterocycles. The molecule has 0 atom stereocenters. The molecular weight excluding hydrogens is 322 g/mol. The Labute approximate surface area is 137 Å². The maximum Gasteiger partial charge on any atom is 0.319 e. The lowest BCUT2D eigenvalue weighted by atomic mass is 10.2. The Morgan fingerprint density at radius 2 is 2.09 bits per heavy atom. The number of rotatable bonds is 5. The van der Waals surface area contributed by atoms with Crippen LogP contribution in [0.15, 0.2) is 42.5 Å². The van der Waals surface area contributed by atoms with Gasteiger partial charge in [-0.05, 0) is 29.8 Å². The molecule has 0 radical (unpaired) electrons. The Morgan fingerprint density at radius 1 is 1.30 bits per heavy atom. The van der Waals surface area contributed by atoms with Crippen molar-refractivity contribution in [2.45, 2.75) is 6.54 Å². The molecule has 0 spiro atoms. The van der Waals surface area contributed by atoms with E-state index >= 15 is 0 Å². The molecule has 0 heterocycles. The predicted octanol–water partition coefficient (Wildman–Crippen LogP) is 3.58. The number of nitro benzene ring substituents is 1. The van der Waals surface area contributed by atoms with Gasteiger partial charge < -0.3 is 15.4 Å². The molecule has 2 N–H and O–H groups in total. The van der Waals surface area contributed by atoms with Crippen LogP contribution in [0.5, 0.6) is 5.75 Å². The van der Waals surface area contributed by atoms with E-state index < -0.39 is 11.0 Å². The highest BCUT2D eigenvalue weighted by atomic mass is 35.5. The lowest BCUT2D eigenvalue weighted by Crippen LogP contribution is -2.28. The first-order valence-electron chi connectivity index (χ1n) is 6.61. The smallest absolute Gasteiger partial charge is 0.319 e. The van der Waals surface area contributed by atoms with E-state index in [1.807, 2.05) is 12.1 Å². The summed E-state index contributed by atoms with van der Waals surface area (Å²) < 4.78 is 5.10. The first kappa shape index (κ1) is 16.6. The largest absolute Gasteiger partial charge is 0.497 e. The number of hydrogen-bond acceptors (Lipinski definition) is 4. The number of urea groups is 1. The third kappa shape index (κ3) is 4.58. The summed E-state index contributed by atoms with van der Waals surface area (Å²) in [7, 11) is 1.56. The lowest BCUT2D eigenvalue weighted by Gasteiger charge is -2.09. The Morgan fingerprint density at radius 3 is 2.78 bits per heavy atom. The van der Waals surface area contributed by atoms with E-state index in [9.17, 15) is 14.9 Å². The second-order valence-electron chi connectivity index (χ2n) is 4.58. The molecule has 0 unspecified atom stereocenters. The summed E-state index contributed by atoms with van der Waals surface area (Å²) in [5.74, 6) is 0.693. The van der Waals surface area contributed by atoms with Gasteiger partial charge in [-0.2, -0.15) is 0 Å². The summed E-state index contributed by atoms with van der Waals surface area (Å²) in [6.45, 7) is 0.290. The van der Waals surface area contributed by atoms with E-state index in [1.54, 1.807) is 19.2 Å². The number of ether oxygens (including phenoxy) is 1. The Balaban J connectivity index is 1.97. The lowest BCUT2D eigenvalue weighted by molar-refractivity contribution is -0.384. The van der Waals surface area contributed by atoms with Crippen molar-refractivity contribution in [2.24, 2.45) is 0 Å². The van der Waals surface area contributed by atoms with Crippen molar-refractivity contribution < 1.29 is 14.5 Å². The van der Waals surface area contributed by atoms with Crippen LogP contribution in [0.4, 0.5) is 16.2 Å². The number of halogens is 1. The van der Waals surface area contributed by atoms with Crippen LogP contribution in [0.1, 0.15) is 5.56 Å². The van der Waals surface area contributed by atoms with Gasteiger partial charge in [0.15, 0.2) is 0 Å². The topological polar surface area (TPSA) is 93.5 Å². The van der Waals surface area contributed by atoms with Crippen LogP contribution in [-0.4, -0.2) is 18.1 Å². The molecule has 0 fully saturated rings. The molecule has 8 heteroatoms. The quantitative estimate of drug-likeness (QED) is 0.645. The average molecular weight is 336 g/mol. The van der Waals surface area contributed by atoms with E-state index in [-0.39, 0.29) is 16.4 Å². The number of carbonyl (C=O) groups is 1. The molecular formula is C15H14ClN3O4. The number of benzene rings is 2. The monoisotopic (exact) mass is 335 g/mol. The van der Waals surface area contributed by atoms with Crippen molar-refractivity contribution in [3.8, 4) is 5.75 Å². The second-order valence-corrected chi connectivity index (χ2v) is 4.99. The number of nitrogens with one attached hydrogen (secondary N) is 2. The minimum absolute atomic E-state index is 0.0114. The number of anilines is 1. The molecule has 7 nitrogen and oxygen atoms in total. The predicted molar refractivity (Wildman–Crippen MR) is 87.0 cm³/mol. The average Bonchev–Trinajstić information content (AvgIpc) is 2.54. The summed E-state index contributed by atoms with van der Waals surface area (Å²) in [6.07, 6.45) is 0. The molecule has 0 saturated heterocycles. The third-order valence-corrected chi connectivity index (χ3v) is 3.31. The number of nitro groups is 1. The van der Waals surface area contributed by atoms with E-state index in [0.717, 1.165) is 5.56 Å². The van der Waals surface area contributed by atoms with Gasteiger partial charge in [-0.1, -0.05) is 23.7 Å². The van der Waals surface area contributed by atoms with Gasteiger partial charge in [0.1, 0.15) is 10.8 Å². The zero-order valence-corrected chi connectivity index (χ0v) is 13.0. The second kappa shape index (κ2) is 7.46. The first-order chi connectivity index (χ1) is 11.0. The van der Waals surface area contributed by atoms with Crippen LogP contribution in [0.3, 0.4) is 0 Å². The van der Waals surface area contributed by atoms with Crippen LogP contribution < -0.4 is 15.4 Å². The molecule has 0 aromatic heterocycles. The third-order valence-electron chi connectivity index (χ3n) is 2.99. The van der Waals surface area contributed by atoms with Crippen LogP contribution in [-0.2, 0) is 6.54 Å². The highest BCUT2D eigenvalue weighted by Crippen LogP contribution is 2.27. The van der Waals surface area contributed by atoms with E-state index in [0.29, 0.717) is 12.3 Å². The van der Waals surface area contributed by atoms with Gasteiger partial charge in [-0.15, -0.1) is 0 Å². The molecule has 2 rings (SSSR count). The van der Waals surface area contributed by atoms with Crippen molar-refractivity contribution in [3.63, 3.8) is 0 Å². The number of hydrogen-bond donors (Lipinski definition) is 2. The number of amides is 2. The van der Waals surface area contributed by atoms with Gasteiger partial charge >= 0.3 is 6.03 Å². The fraction of sp³-hybridized carbons (Fsp3) is 0.133. The minimum Gasteiger partial charge on any atom is -0.497 e. The molecule has 23 heavy (non-hydrogen) atoms. The summed E-state index contributed by atoms with van der Waals surface area (Å²) in [4.78, 5) is 22.1. The van der Waals surface area contributed by atoms with E-state index in [4.69, 9.17) is 16.3 Å². The molecule has 2 aromatic carbocycles. The van der Waals surface area contributed by atoms with E-state index in [1.165, 1.54) is 18.2 Å². The highest BCUT2D eigenvalue weighted by Gasteiger charge is 2.13. The molecule has 0 aliphatic rings. The molecule has 0 bridgehead atoms. The van der Waals surface area contributed by atoms with Crippen molar-refractivity contribution in [3.05, 3.63) is 63.2 Å². The van der Waals surface area contributed by atoms with Crippen molar-refractivity contribution in [1.82, 2.24) is 5.32 Å². The summed E-state index contributed by atoms with van der Waals surface area (Å²) >= 11 is 5.72. The first-order valence-corrected chi connectivity index (χ1v) is 6.99. The van der Waals surface area contributed by atoms with Crippen LogP contribution in [0, 0.1) is 10.1 Å². The Hall–Kier alpha value is -2.80. The van der Waals surface area contributed by atoms with Crippen molar-refractivity contribution >= 4 is 29.0 Å². The molecule has 0 aliphatic carbocycles. The number of carbonyl (C=O) groups excluding carboxylic acids is 1. The normalized spacial score (nSPS) is 10.0. The maximum absolute atomic E-state index is 11.9. The SMILES string of the molecule is COc1cccc(CNC(=O)Nc2ccc(Cl)c([N+](=O)[O-])c2)c1. The maximum atomic E-state index is 11.9. The van der Waals surface area contributed by atoms with Gasteiger partial charge in [-0.3, -0.25) is 10.1 Å². The molecule has 120 valence electrons. The minimum atomic E-state index is -0.609. The molecule has 2 amide bonds. The summed E-state index contributed by atoms with van der Waals surface area (Å²) in [5, 5.41) is 16.0. The van der Waals surface area contributed by atoms with Gasteiger partial charge in [0.25, 0.3) is 5.69 Å². The Kier molecular flexibility index (Phi) is 5.37. The standard InChI is InChI=1S/C15H14ClN3O4/c1-23-12-4-2-3-10(7-12)9-17-15(20)18-11-5-6-13(16)14(8-11)19(21)22/h2-8H,9H2,1H3,(H2,17,18,20). The summed E-state index contributed by atoms with van der Waals surface area (Å²) in [5.41, 5.74) is 0.878. The summed E-state index contributed by atoms with van der Waals surface area (Å²) in [6, 6.07) is 10.8. The number of methoxy groups -OCH3 is 1. The fourth-order valence-electron chi connectivity index (χ4n) is 1.87. The van der Waals surface area contributed by atoms with Crippen LogP contribution in [0.2, 0.25) is 5.02 Å². The molecule has 0 saturated carbocycles.